The summed E-state index contributed by atoms with van der Waals surface area (Å²) in [6.45, 7) is 1.96. The van der Waals surface area contributed by atoms with Crippen LogP contribution in [0.2, 0.25) is 0 Å². The molecule has 2 aromatic heterocycles. The molecule has 122 valence electrons. The van der Waals surface area contributed by atoms with Gasteiger partial charge in [0.2, 0.25) is 5.56 Å². The summed E-state index contributed by atoms with van der Waals surface area (Å²) >= 11 is 0. The molecule has 0 spiro atoms. The summed E-state index contributed by atoms with van der Waals surface area (Å²) in [5.41, 5.74) is 1.78. The van der Waals surface area contributed by atoms with Gasteiger partial charge in [-0.3, -0.25) is 14.9 Å². The number of rotatable bonds is 5. The number of aromatic amines is 1. The molecule has 1 atom stereocenters. The quantitative estimate of drug-likeness (QED) is 0.549. The fourth-order valence-electron chi connectivity index (χ4n) is 2.52. The molecule has 2 N–H and O–H groups in total. The first-order chi connectivity index (χ1) is 11.5. The van der Waals surface area contributed by atoms with Crippen molar-refractivity contribution in [2.75, 3.05) is 5.32 Å². The minimum atomic E-state index is -0.426. The van der Waals surface area contributed by atoms with Crippen LogP contribution in [0.25, 0.3) is 11.0 Å². The van der Waals surface area contributed by atoms with Gasteiger partial charge in [0.15, 0.2) is 0 Å². The van der Waals surface area contributed by atoms with E-state index in [1.54, 1.807) is 18.2 Å². The van der Waals surface area contributed by atoms with Crippen LogP contribution in [-0.4, -0.2) is 25.9 Å². The van der Waals surface area contributed by atoms with Crippen molar-refractivity contribution in [3.63, 3.8) is 0 Å². The molecular weight excluding hydrogens is 310 g/mol. The Kier molecular flexibility index (Phi) is 4.19. The zero-order valence-electron chi connectivity index (χ0n) is 12.9. The largest absolute Gasteiger partial charge is 0.382 e. The first-order valence-electron chi connectivity index (χ1n) is 7.37. The summed E-state index contributed by atoms with van der Waals surface area (Å²) in [6, 6.07) is 9.47. The third kappa shape index (κ3) is 3.37. The maximum absolute atomic E-state index is 11.4. The number of benzene rings is 1. The smallest absolute Gasteiger partial charge is 0.271 e. The molecule has 0 radical (unpaired) electrons. The van der Waals surface area contributed by atoms with E-state index in [0.29, 0.717) is 17.8 Å². The van der Waals surface area contributed by atoms with E-state index in [4.69, 9.17) is 0 Å². The van der Waals surface area contributed by atoms with Gasteiger partial charge in [-0.2, -0.15) is 0 Å². The Morgan fingerprint density at radius 1 is 1.29 bits per heavy atom. The molecule has 0 saturated carbocycles. The van der Waals surface area contributed by atoms with Crippen LogP contribution in [-0.2, 0) is 6.42 Å². The third-order valence-electron chi connectivity index (χ3n) is 3.58. The van der Waals surface area contributed by atoms with Crippen LogP contribution in [0.3, 0.4) is 0 Å². The van der Waals surface area contributed by atoms with Crippen molar-refractivity contribution in [2.24, 2.45) is 0 Å². The second-order valence-electron chi connectivity index (χ2n) is 5.46. The van der Waals surface area contributed by atoms with E-state index in [2.05, 4.69) is 20.3 Å². The number of anilines is 1. The average Bonchev–Trinajstić information content (AvgIpc) is 2.55. The monoisotopic (exact) mass is 325 g/mol. The van der Waals surface area contributed by atoms with Gasteiger partial charge in [0, 0.05) is 41.7 Å². The van der Waals surface area contributed by atoms with Crippen molar-refractivity contribution in [3.05, 3.63) is 68.9 Å². The van der Waals surface area contributed by atoms with E-state index in [1.807, 2.05) is 6.92 Å². The maximum Gasteiger partial charge on any atom is 0.271 e. The van der Waals surface area contributed by atoms with E-state index in [-0.39, 0.29) is 17.3 Å². The van der Waals surface area contributed by atoms with Crippen molar-refractivity contribution in [2.45, 2.75) is 19.4 Å². The molecule has 0 amide bonds. The molecule has 3 aromatic rings. The highest BCUT2D eigenvalue weighted by atomic mass is 16.6. The summed E-state index contributed by atoms with van der Waals surface area (Å²) in [5, 5.41) is 14.8. The van der Waals surface area contributed by atoms with E-state index in [0.717, 1.165) is 11.1 Å². The van der Waals surface area contributed by atoms with Crippen LogP contribution in [0.5, 0.6) is 0 Å². The Labute approximate surface area is 136 Å². The number of nitrogens with one attached hydrogen (secondary N) is 2. The predicted molar refractivity (Wildman–Crippen MR) is 90.0 cm³/mol. The summed E-state index contributed by atoms with van der Waals surface area (Å²) in [4.78, 5) is 32.8. The predicted octanol–water partition coefficient (Wildman–Crippen LogP) is 2.27. The number of aromatic nitrogens is 3. The third-order valence-corrected chi connectivity index (χ3v) is 3.58. The van der Waals surface area contributed by atoms with Gasteiger partial charge in [0.25, 0.3) is 5.69 Å². The molecule has 3 rings (SSSR count). The fourth-order valence-corrected chi connectivity index (χ4v) is 2.52. The number of non-ortho nitro benzene ring substituents is 1. The van der Waals surface area contributed by atoms with Gasteiger partial charge in [-0.15, -0.1) is 0 Å². The van der Waals surface area contributed by atoms with Crippen molar-refractivity contribution in [1.82, 2.24) is 15.0 Å². The van der Waals surface area contributed by atoms with Gasteiger partial charge >= 0.3 is 0 Å². The van der Waals surface area contributed by atoms with Gasteiger partial charge in [0.1, 0.15) is 12.0 Å². The number of hydrogen-bond donors (Lipinski definition) is 2. The number of fused-ring (bicyclic) bond motifs is 1. The molecule has 0 bridgehead atoms. The molecular formula is C16H15N5O3. The van der Waals surface area contributed by atoms with Crippen LogP contribution < -0.4 is 10.9 Å². The lowest BCUT2D eigenvalue weighted by Gasteiger charge is -2.15. The molecule has 0 saturated heterocycles. The van der Waals surface area contributed by atoms with Crippen molar-refractivity contribution in [1.29, 1.82) is 0 Å². The van der Waals surface area contributed by atoms with E-state index in [1.165, 1.54) is 24.5 Å². The summed E-state index contributed by atoms with van der Waals surface area (Å²) in [5.74, 6) is 0. The Balaban J connectivity index is 1.80. The second kappa shape index (κ2) is 6.45. The lowest BCUT2D eigenvalue weighted by molar-refractivity contribution is -0.384. The van der Waals surface area contributed by atoms with Crippen molar-refractivity contribution in [3.8, 4) is 0 Å². The normalized spacial score (nSPS) is 12.0. The molecule has 2 heterocycles. The molecule has 0 fully saturated rings. The number of nitro groups is 1. The minimum Gasteiger partial charge on any atom is -0.382 e. The number of hydrogen-bond acceptors (Lipinski definition) is 6. The van der Waals surface area contributed by atoms with Gasteiger partial charge in [-0.25, -0.2) is 9.97 Å². The lowest BCUT2D eigenvalue weighted by atomic mass is 10.1. The molecule has 1 aromatic carbocycles. The van der Waals surface area contributed by atoms with Crippen molar-refractivity contribution >= 4 is 22.4 Å². The molecule has 0 aliphatic heterocycles. The highest BCUT2D eigenvalue weighted by Crippen LogP contribution is 2.19. The zero-order valence-corrected chi connectivity index (χ0v) is 12.9. The maximum atomic E-state index is 11.4. The Bertz CT molecular complexity index is 954. The van der Waals surface area contributed by atoms with Crippen LogP contribution in [0.1, 0.15) is 12.6 Å². The zero-order chi connectivity index (χ0) is 17.1. The average molecular weight is 325 g/mol. The minimum absolute atomic E-state index is 0.0166. The number of nitro benzene ring substituents is 1. The molecule has 1 unspecified atom stereocenters. The van der Waals surface area contributed by atoms with Gasteiger partial charge in [-0.1, -0.05) is 6.07 Å². The first-order valence-corrected chi connectivity index (χ1v) is 7.37. The van der Waals surface area contributed by atoms with Crippen molar-refractivity contribution < 1.29 is 4.92 Å². The summed E-state index contributed by atoms with van der Waals surface area (Å²) in [7, 11) is 0. The van der Waals surface area contributed by atoms with E-state index in [9.17, 15) is 14.9 Å². The molecule has 8 nitrogen and oxygen atoms in total. The highest BCUT2D eigenvalue weighted by Gasteiger charge is 2.11. The molecule has 24 heavy (non-hydrogen) atoms. The number of H-pyrrole nitrogens is 1. The SMILES string of the molecule is CC(Cc1ncnc2[nH]c(=O)ccc12)Nc1cccc([N+](=O)[O-])c1. The van der Waals surface area contributed by atoms with E-state index >= 15 is 0 Å². The summed E-state index contributed by atoms with van der Waals surface area (Å²) < 4.78 is 0. The lowest BCUT2D eigenvalue weighted by Crippen LogP contribution is -2.19. The van der Waals surface area contributed by atoms with E-state index < -0.39 is 4.92 Å². The molecule has 0 aliphatic rings. The van der Waals surface area contributed by atoms with Gasteiger partial charge in [-0.05, 0) is 19.1 Å². The summed E-state index contributed by atoms with van der Waals surface area (Å²) in [6.07, 6.45) is 1.99. The Hall–Kier alpha value is -3.29. The standard InChI is InChI=1S/C16H15N5O3/c1-10(19-11-3-2-4-12(8-11)21(23)24)7-14-13-5-6-15(22)20-16(13)18-9-17-14/h2-6,8-10,19H,7H2,1H3,(H,17,18,20,22). The first kappa shape index (κ1) is 15.6. The van der Waals surface area contributed by atoms with Crippen LogP contribution in [0.15, 0.2) is 47.5 Å². The van der Waals surface area contributed by atoms with Crippen LogP contribution in [0, 0.1) is 10.1 Å². The topological polar surface area (TPSA) is 114 Å². The highest BCUT2D eigenvalue weighted by molar-refractivity contribution is 5.76. The second-order valence-corrected chi connectivity index (χ2v) is 5.46. The molecule has 0 aliphatic carbocycles. The molecule has 8 heteroatoms. The fraction of sp³-hybridized carbons (Fsp3) is 0.188. The van der Waals surface area contributed by atoms with Gasteiger partial charge < -0.3 is 10.3 Å². The number of pyridine rings is 1. The Morgan fingerprint density at radius 3 is 2.92 bits per heavy atom. The Morgan fingerprint density at radius 2 is 2.12 bits per heavy atom. The van der Waals surface area contributed by atoms with Crippen LogP contribution >= 0.6 is 0 Å². The number of nitrogens with zero attached hydrogens (tertiary/aromatic N) is 3. The van der Waals surface area contributed by atoms with Crippen LogP contribution in [0.4, 0.5) is 11.4 Å². The van der Waals surface area contributed by atoms with Gasteiger partial charge in [0.05, 0.1) is 10.6 Å².